The van der Waals surface area contributed by atoms with E-state index in [1.165, 1.54) is 24.3 Å². The number of hydrogen-bond donors (Lipinski definition) is 7. The molecule has 0 bridgehead atoms. The molecule has 0 unspecified atom stereocenters. The summed E-state index contributed by atoms with van der Waals surface area (Å²) in [6.07, 6.45) is -3.34. The molecule has 8 amide bonds. The molecule has 3 heterocycles. The van der Waals surface area contributed by atoms with Crippen LogP contribution in [0.5, 0.6) is 0 Å². The summed E-state index contributed by atoms with van der Waals surface area (Å²) < 4.78 is 117. The van der Waals surface area contributed by atoms with E-state index < -0.39 is 124 Å². The lowest BCUT2D eigenvalue weighted by atomic mass is 10.0. The first-order chi connectivity index (χ1) is 36.6. The second-order valence-electron chi connectivity index (χ2n) is 17.5. The van der Waals surface area contributed by atoms with Gasteiger partial charge in [0.2, 0.25) is 28.7 Å². The smallest absolute Gasteiger partial charge is 0.394 e. The Morgan fingerprint density at radius 3 is 2.18 bits per heavy atom. The molecule has 420 valence electrons. The van der Waals surface area contributed by atoms with Crippen molar-refractivity contribution in [2.75, 3.05) is 30.3 Å². The number of carbonyl (C=O) groups excluding carboxylic acids is 7. The summed E-state index contributed by atoms with van der Waals surface area (Å²) in [7, 11) is 0. The average molecular weight is 1130 g/mol. The molecule has 0 saturated carbocycles. The number of anilines is 2. The molecule has 1 aliphatic heterocycles. The minimum atomic E-state index is -6.84. The van der Waals surface area contributed by atoms with Gasteiger partial charge in [-0.3, -0.25) is 39.0 Å². The Hall–Kier alpha value is -8.16. The number of pyridine rings is 1. The minimum absolute atomic E-state index is 0.0165. The first-order valence-corrected chi connectivity index (χ1v) is 24.2. The van der Waals surface area contributed by atoms with Crippen molar-refractivity contribution in [2.24, 2.45) is 11.7 Å². The van der Waals surface area contributed by atoms with Crippen LogP contribution in [0, 0.1) is 21.8 Å². The number of primary amides is 1. The van der Waals surface area contributed by atoms with Gasteiger partial charge in [-0.2, -0.15) is 35.1 Å². The number of aliphatic hydroxyl groups is 1. The summed E-state index contributed by atoms with van der Waals surface area (Å²) in [6, 6.07) is 3.74. The lowest BCUT2D eigenvalue weighted by Crippen LogP contribution is -2.54. The second kappa shape index (κ2) is 26.3. The highest BCUT2D eigenvalue weighted by Crippen LogP contribution is 2.51. The Bertz CT molecular complexity index is 2910. The molecular weight excluding hydrogens is 1080 g/mol. The molecule has 5 rings (SSSR count). The quantitative estimate of drug-likeness (QED) is 0.0110. The predicted molar refractivity (Wildman–Crippen MR) is 256 cm³/mol. The Labute approximate surface area is 440 Å². The van der Waals surface area contributed by atoms with Crippen LogP contribution in [-0.4, -0.2) is 120 Å². The number of nitrogens with two attached hydrogens (primary N) is 1. The molecule has 23 nitrogen and oxygen atoms in total. The molecule has 0 spiro atoms. The Kier molecular flexibility index (Phi) is 20.4. The number of nitro benzene ring substituents is 1. The Morgan fingerprint density at radius 1 is 0.885 bits per heavy atom. The van der Waals surface area contributed by atoms with Gasteiger partial charge >= 0.3 is 35.8 Å². The summed E-state index contributed by atoms with van der Waals surface area (Å²) in [6.45, 7) is 1.90. The number of non-ortho nitro benzene ring substituents is 1. The molecule has 0 radical (unpaired) electrons. The molecule has 4 aromatic rings. The van der Waals surface area contributed by atoms with Crippen LogP contribution in [0.15, 0.2) is 76.9 Å². The van der Waals surface area contributed by atoms with Crippen LogP contribution >= 0.6 is 11.8 Å². The normalized spacial score (nSPS) is 13.6. The topological polar surface area (TPSA) is 320 Å². The van der Waals surface area contributed by atoms with Gasteiger partial charge < -0.3 is 32.1 Å². The molecule has 1 aliphatic rings. The van der Waals surface area contributed by atoms with Crippen LogP contribution in [0.3, 0.4) is 0 Å². The maximum absolute atomic E-state index is 16.1. The molecule has 0 fully saturated rings. The van der Waals surface area contributed by atoms with E-state index in [1.807, 2.05) is 5.32 Å². The number of nitrogens with zero attached hydrogens (tertiary/aromatic N) is 7. The molecule has 32 heteroatoms. The van der Waals surface area contributed by atoms with E-state index in [0.717, 1.165) is 39.9 Å². The number of urea groups is 1. The predicted octanol–water partition coefficient (Wildman–Crippen LogP) is 4.24. The van der Waals surface area contributed by atoms with Crippen molar-refractivity contribution in [3.8, 4) is 0 Å². The maximum atomic E-state index is 16.1. The van der Waals surface area contributed by atoms with E-state index in [9.17, 15) is 70.7 Å². The van der Waals surface area contributed by atoms with Crippen LogP contribution in [-0.2, 0) is 43.0 Å². The highest BCUT2D eigenvalue weighted by atomic mass is 32.2. The second-order valence-corrected chi connectivity index (χ2v) is 18.6. The number of tetrazole rings is 1. The monoisotopic (exact) mass is 1130 g/mol. The van der Waals surface area contributed by atoms with E-state index in [2.05, 4.69) is 36.8 Å². The average Bonchev–Trinajstić information content (AvgIpc) is 4.08. The van der Waals surface area contributed by atoms with Crippen LogP contribution < -0.4 is 36.9 Å². The summed E-state index contributed by atoms with van der Waals surface area (Å²) in [5.74, 6) is -20.9. The highest BCUT2D eigenvalue weighted by molar-refractivity contribution is 7.99. The minimum Gasteiger partial charge on any atom is -0.394 e. The summed E-state index contributed by atoms with van der Waals surface area (Å²) in [5.41, 5.74) is 1.62. The van der Waals surface area contributed by atoms with Crippen molar-refractivity contribution in [3.05, 3.63) is 99.5 Å². The summed E-state index contributed by atoms with van der Waals surface area (Å²) in [4.78, 5) is 101. The number of unbranched alkanes of at least 4 members (excludes halogenated alkanes) is 2. The number of alkyl halides is 7. The number of amides is 8. The van der Waals surface area contributed by atoms with Crippen LogP contribution in [0.1, 0.15) is 73.9 Å². The zero-order valence-electron chi connectivity index (χ0n) is 41.1. The van der Waals surface area contributed by atoms with Gasteiger partial charge in [0.1, 0.15) is 24.8 Å². The fourth-order valence-electron chi connectivity index (χ4n) is 7.41. The van der Waals surface area contributed by atoms with Crippen molar-refractivity contribution in [1.82, 2.24) is 41.1 Å². The fraction of sp³-hybridized carbons (Fsp3) is 0.413. The van der Waals surface area contributed by atoms with E-state index >= 15 is 13.2 Å². The molecule has 2 aromatic heterocycles. The summed E-state index contributed by atoms with van der Waals surface area (Å²) >= 11 is 0.636. The number of imide groups is 1. The third kappa shape index (κ3) is 15.5. The number of nitrogens with one attached hydrogen (secondary N) is 5. The standard InChI is InChI=1S/C46H49F8N13O10S/c1-25(2)37(59-34(69)8-4-3-5-18-65-35(70)15-16-36(65)71)41(74)58-32(7-6-17-56-42(55)75)40(73)57-28-11-9-26(10-12-28)23-64-24-27(44(48,49)45(50,51)46(52,53)54)21-31(47)38(64)60-39(72)30-22-29(67(76)77)13-14-33(30)78-43-61-62-63-66(43)19-20-68/h9-16,21-22,24-25,32,37,68H,3-8,17-20,23H2,1-2H3,(H6,55,56,57,58,59,69,73,74,75)/p+1/t32-,37-/m0/s1. The molecule has 78 heavy (non-hydrogen) atoms. The lowest BCUT2D eigenvalue weighted by molar-refractivity contribution is -0.676. The third-order valence-corrected chi connectivity index (χ3v) is 12.5. The largest absolute Gasteiger partial charge is 0.460 e. The Balaban J connectivity index is 1.38. The molecule has 2 aromatic carbocycles. The highest BCUT2D eigenvalue weighted by Gasteiger charge is 2.74. The summed E-state index contributed by atoms with van der Waals surface area (Å²) in [5, 5.41) is 44.0. The number of nitro groups is 1. The van der Waals surface area contributed by atoms with E-state index in [1.54, 1.807) is 13.8 Å². The van der Waals surface area contributed by atoms with Crippen LogP contribution in [0.4, 0.5) is 57.1 Å². The number of carbonyl (C=O) groups is 7. The zero-order valence-corrected chi connectivity index (χ0v) is 41.9. The van der Waals surface area contributed by atoms with Crippen molar-refractivity contribution < 1.29 is 83.3 Å². The number of halogens is 8. The van der Waals surface area contributed by atoms with Gasteiger partial charge in [-0.05, 0) is 83.6 Å². The van der Waals surface area contributed by atoms with Gasteiger partial charge in [0.25, 0.3) is 17.5 Å². The van der Waals surface area contributed by atoms with Gasteiger partial charge in [0, 0.05) is 54.4 Å². The molecule has 2 atom stereocenters. The number of aliphatic hydroxyl groups excluding tert-OH is 1. The zero-order chi connectivity index (χ0) is 57.7. The van der Waals surface area contributed by atoms with E-state index in [-0.39, 0.29) is 72.5 Å². The van der Waals surface area contributed by atoms with Gasteiger partial charge in [-0.1, -0.05) is 32.4 Å². The van der Waals surface area contributed by atoms with Gasteiger partial charge in [-0.15, -0.1) is 5.10 Å². The van der Waals surface area contributed by atoms with Crippen molar-refractivity contribution in [1.29, 1.82) is 0 Å². The van der Waals surface area contributed by atoms with Crippen molar-refractivity contribution in [2.45, 2.75) is 106 Å². The van der Waals surface area contributed by atoms with Crippen LogP contribution in [0.25, 0.3) is 0 Å². The van der Waals surface area contributed by atoms with Crippen molar-refractivity contribution in [3.63, 3.8) is 0 Å². The third-order valence-electron chi connectivity index (χ3n) is 11.5. The lowest BCUT2D eigenvalue weighted by Gasteiger charge is -2.28. The molecule has 8 N–H and O–H groups in total. The molecule has 0 saturated heterocycles. The van der Waals surface area contributed by atoms with E-state index in [4.69, 9.17) is 5.73 Å². The van der Waals surface area contributed by atoms with E-state index in [0.29, 0.717) is 35.6 Å². The number of hydrogen-bond acceptors (Lipinski definition) is 14. The van der Waals surface area contributed by atoms with Gasteiger partial charge in [-0.25, -0.2) is 24.2 Å². The Morgan fingerprint density at radius 2 is 1.56 bits per heavy atom. The van der Waals surface area contributed by atoms with Gasteiger partial charge in [0.05, 0.1) is 29.2 Å². The van der Waals surface area contributed by atoms with Crippen molar-refractivity contribution >= 4 is 70.4 Å². The number of aromatic nitrogens is 5. The first kappa shape index (κ1) is 60.7. The molecular formula is C46H50F8N13O10S+. The SMILES string of the molecule is CC(C)[C@H](NC(=O)CCCCCN1C(=O)C=CC1=O)C(=O)N[C@@H](CCCNC(N)=O)C(=O)Nc1ccc(C[n+]2cc(C(F)(F)C(F)(F)C(F)(F)F)cc(F)c2NC(=O)c2cc([N+](=O)[O-])ccc2Sc2nnnn2CCO)cc1. The molecule has 0 aliphatic carbocycles. The maximum Gasteiger partial charge on any atom is 0.460 e. The number of rotatable bonds is 27. The fourth-order valence-corrected chi connectivity index (χ4v) is 8.31. The number of benzene rings is 2. The van der Waals surface area contributed by atoms with Crippen LogP contribution in [0.2, 0.25) is 0 Å². The first-order valence-electron chi connectivity index (χ1n) is 23.4. The van der Waals surface area contributed by atoms with Gasteiger partial charge in [0.15, 0.2) is 0 Å².